The van der Waals surface area contributed by atoms with Gasteiger partial charge in [0.1, 0.15) is 6.04 Å². The molecular weight excluding hydrogens is 422 g/mol. The van der Waals surface area contributed by atoms with E-state index < -0.39 is 6.04 Å². The largest absolute Gasteiger partial charge is 0.351 e. The third-order valence-corrected chi connectivity index (χ3v) is 7.00. The number of amides is 2. The molecule has 2 aliphatic carbocycles. The Bertz CT molecular complexity index is 1020. The van der Waals surface area contributed by atoms with Crippen LogP contribution < -0.4 is 10.2 Å². The summed E-state index contributed by atoms with van der Waals surface area (Å²) in [5.74, 6) is -0.222. The number of anilines is 1. The van der Waals surface area contributed by atoms with Crippen LogP contribution >= 0.6 is 0 Å². The summed E-state index contributed by atoms with van der Waals surface area (Å²) < 4.78 is 0. The minimum atomic E-state index is -0.773. The van der Waals surface area contributed by atoms with Gasteiger partial charge in [0.15, 0.2) is 0 Å². The number of hydrogen-bond acceptors (Lipinski definition) is 3. The van der Waals surface area contributed by atoms with Crippen molar-refractivity contribution in [3.63, 3.8) is 0 Å². The number of nitrogens with zero attached hydrogens (tertiary/aromatic N) is 2. The topological polar surface area (TPSA) is 62.3 Å². The number of benzene rings is 1. The highest BCUT2D eigenvalue weighted by Crippen LogP contribution is 2.34. The first-order valence-corrected chi connectivity index (χ1v) is 12.7. The maximum atomic E-state index is 13.9. The van der Waals surface area contributed by atoms with Crippen molar-refractivity contribution in [1.29, 1.82) is 0 Å². The van der Waals surface area contributed by atoms with Gasteiger partial charge in [0.25, 0.3) is 5.91 Å². The number of pyridine rings is 1. The molecule has 2 aromatic rings. The number of rotatable bonds is 6. The zero-order valence-electron chi connectivity index (χ0n) is 20.7. The highest BCUT2D eigenvalue weighted by atomic mass is 16.2. The molecule has 5 heteroatoms. The van der Waals surface area contributed by atoms with Gasteiger partial charge in [-0.1, -0.05) is 64.3 Å². The van der Waals surface area contributed by atoms with E-state index >= 15 is 0 Å². The van der Waals surface area contributed by atoms with Gasteiger partial charge in [0.05, 0.1) is 0 Å². The average Bonchev–Trinajstić information content (AvgIpc) is 3.38. The summed E-state index contributed by atoms with van der Waals surface area (Å²) in [5, 5.41) is 3.27. The summed E-state index contributed by atoms with van der Waals surface area (Å²) in [5.41, 5.74) is 3.44. The van der Waals surface area contributed by atoms with Crippen LogP contribution in [-0.2, 0) is 15.0 Å². The summed E-state index contributed by atoms with van der Waals surface area (Å²) in [7, 11) is 0. The molecule has 180 valence electrons. The Labute approximate surface area is 203 Å². The van der Waals surface area contributed by atoms with Gasteiger partial charge in [-0.05, 0) is 61.3 Å². The van der Waals surface area contributed by atoms with Crippen molar-refractivity contribution in [3.8, 4) is 0 Å². The second-order valence-corrected chi connectivity index (χ2v) is 10.6. The lowest BCUT2D eigenvalue weighted by atomic mass is 9.87. The van der Waals surface area contributed by atoms with Gasteiger partial charge in [-0.15, -0.1) is 0 Å². The van der Waals surface area contributed by atoms with E-state index in [0.29, 0.717) is 0 Å². The molecule has 1 saturated carbocycles. The van der Waals surface area contributed by atoms with E-state index in [9.17, 15) is 9.59 Å². The molecule has 2 amide bonds. The quantitative estimate of drug-likeness (QED) is 0.575. The second kappa shape index (κ2) is 10.5. The summed E-state index contributed by atoms with van der Waals surface area (Å²) in [4.78, 5) is 33.7. The molecule has 34 heavy (non-hydrogen) atoms. The van der Waals surface area contributed by atoms with Gasteiger partial charge in [-0.3, -0.25) is 19.5 Å². The molecule has 0 aliphatic heterocycles. The Morgan fingerprint density at radius 1 is 1.03 bits per heavy atom. The molecule has 1 fully saturated rings. The van der Waals surface area contributed by atoms with Crippen molar-refractivity contribution in [3.05, 3.63) is 71.6 Å². The molecule has 2 aliphatic rings. The Morgan fingerprint density at radius 3 is 2.35 bits per heavy atom. The van der Waals surface area contributed by atoms with Gasteiger partial charge in [-0.25, -0.2) is 0 Å². The maximum Gasteiger partial charge on any atom is 0.254 e. The number of nitrogens with one attached hydrogen (secondary N) is 1. The predicted molar refractivity (Wildman–Crippen MR) is 137 cm³/mol. The van der Waals surface area contributed by atoms with Crippen molar-refractivity contribution in [2.45, 2.75) is 89.6 Å². The number of aromatic nitrogens is 1. The maximum absolute atomic E-state index is 13.9. The van der Waals surface area contributed by atoms with E-state index in [1.165, 1.54) is 12.0 Å². The molecule has 1 N–H and O–H groups in total. The Kier molecular flexibility index (Phi) is 7.50. The van der Waals surface area contributed by atoms with Crippen LogP contribution in [0.3, 0.4) is 0 Å². The molecule has 1 atom stereocenters. The molecule has 5 nitrogen and oxygen atoms in total. The zero-order valence-corrected chi connectivity index (χ0v) is 20.7. The van der Waals surface area contributed by atoms with Gasteiger partial charge in [0.2, 0.25) is 5.91 Å². The van der Waals surface area contributed by atoms with Crippen LogP contribution in [0.1, 0.15) is 89.3 Å². The Morgan fingerprint density at radius 2 is 1.76 bits per heavy atom. The Hall–Kier alpha value is -2.95. The molecule has 0 radical (unpaired) electrons. The minimum Gasteiger partial charge on any atom is -0.351 e. The first-order chi connectivity index (χ1) is 16.3. The average molecular weight is 460 g/mol. The number of hydrogen-bond donors (Lipinski definition) is 1. The molecule has 1 unspecified atom stereocenters. The van der Waals surface area contributed by atoms with E-state index in [-0.39, 0.29) is 23.3 Å². The molecular formula is C29H37N3O2. The Balaban J connectivity index is 1.75. The van der Waals surface area contributed by atoms with Crippen LogP contribution in [0.4, 0.5) is 5.69 Å². The summed E-state index contributed by atoms with van der Waals surface area (Å²) in [6.07, 6.45) is 13.5. The second-order valence-electron chi connectivity index (χ2n) is 10.6. The lowest BCUT2D eigenvalue weighted by Crippen LogP contribution is -2.47. The van der Waals surface area contributed by atoms with Gasteiger partial charge < -0.3 is 5.32 Å². The molecule has 1 aromatic heterocycles. The van der Waals surface area contributed by atoms with Crippen LogP contribution in [0.2, 0.25) is 0 Å². The molecule has 0 bridgehead atoms. The standard InChI is InChI=1S/C29H37N3O2/c1-29(2,3)23-15-17-25(18-16-23)32(28(34)21-10-7-8-11-21)26(22-12-9-19-30-20-22)27(33)31-24-13-5-4-6-14-24/h9-10,12,15-20,24,26H,4-8,11,13-14H2,1-3H3,(H,31,33). The lowest BCUT2D eigenvalue weighted by molar-refractivity contribution is -0.126. The summed E-state index contributed by atoms with van der Waals surface area (Å²) in [6, 6.07) is 11.2. The van der Waals surface area contributed by atoms with Crippen molar-refractivity contribution < 1.29 is 9.59 Å². The van der Waals surface area contributed by atoms with Crippen LogP contribution in [0.15, 0.2) is 60.4 Å². The highest BCUT2D eigenvalue weighted by Gasteiger charge is 2.36. The van der Waals surface area contributed by atoms with E-state index in [2.05, 4.69) is 43.2 Å². The van der Waals surface area contributed by atoms with Crippen molar-refractivity contribution >= 4 is 17.5 Å². The molecule has 0 saturated heterocycles. The first-order valence-electron chi connectivity index (χ1n) is 12.7. The summed E-state index contributed by atoms with van der Waals surface area (Å²) in [6.45, 7) is 6.51. The normalized spacial score (nSPS) is 17.7. The fraction of sp³-hybridized carbons (Fsp3) is 0.483. The van der Waals surface area contributed by atoms with E-state index in [4.69, 9.17) is 0 Å². The van der Waals surface area contributed by atoms with Crippen LogP contribution in [-0.4, -0.2) is 22.8 Å². The van der Waals surface area contributed by atoms with Crippen LogP contribution in [0, 0.1) is 0 Å². The molecule has 1 aromatic carbocycles. The lowest BCUT2D eigenvalue weighted by Gasteiger charge is -2.34. The predicted octanol–water partition coefficient (Wildman–Crippen LogP) is 6.01. The monoisotopic (exact) mass is 459 g/mol. The SMILES string of the molecule is CC(C)(C)c1ccc(N(C(=O)C2=CCCC2)C(C(=O)NC2CCCCC2)c2cccnc2)cc1. The van der Waals surface area contributed by atoms with Crippen molar-refractivity contribution in [2.75, 3.05) is 4.90 Å². The van der Waals surface area contributed by atoms with Crippen LogP contribution in [0.5, 0.6) is 0 Å². The first kappa shape index (κ1) is 24.2. The smallest absolute Gasteiger partial charge is 0.254 e. The van der Waals surface area contributed by atoms with Crippen molar-refractivity contribution in [1.82, 2.24) is 10.3 Å². The third kappa shape index (κ3) is 5.57. The van der Waals surface area contributed by atoms with Gasteiger partial charge >= 0.3 is 0 Å². The molecule has 0 spiro atoms. The minimum absolute atomic E-state index is 0.00244. The summed E-state index contributed by atoms with van der Waals surface area (Å²) >= 11 is 0. The van der Waals surface area contributed by atoms with E-state index in [1.807, 2.05) is 30.3 Å². The number of carbonyl (C=O) groups excluding carboxylic acids is 2. The van der Waals surface area contributed by atoms with Crippen LogP contribution in [0.25, 0.3) is 0 Å². The number of allylic oxidation sites excluding steroid dienone is 1. The van der Waals surface area contributed by atoms with Gasteiger partial charge in [-0.2, -0.15) is 0 Å². The third-order valence-electron chi connectivity index (χ3n) is 7.00. The molecule has 1 heterocycles. The van der Waals surface area contributed by atoms with Gasteiger partial charge in [0, 0.05) is 35.3 Å². The van der Waals surface area contributed by atoms with Crippen molar-refractivity contribution in [2.24, 2.45) is 0 Å². The highest BCUT2D eigenvalue weighted by molar-refractivity contribution is 6.10. The van der Waals surface area contributed by atoms with E-state index in [1.54, 1.807) is 17.3 Å². The fourth-order valence-electron chi connectivity index (χ4n) is 5.01. The number of carbonyl (C=O) groups is 2. The van der Waals surface area contributed by atoms with E-state index in [0.717, 1.165) is 61.8 Å². The zero-order chi connectivity index (χ0) is 24.1. The molecule has 4 rings (SSSR count). The fourth-order valence-corrected chi connectivity index (χ4v) is 5.01.